The molecule has 6 heteroatoms. The van der Waals surface area contributed by atoms with E-state index in [9.17, 15) is 9.59 Å². The molecule has 2 atom stereocenters. The van der Waals surface area contributed by atoms with Crippen LogP contribution in [-0.2, 0) is 9.53 Å². The number of piperidine rings is 1. The highest BCUT2D eigenvalue weighted by atomic mass is 16.5. The second-order valence-corrected chi connectivity index (χ2v) is 6.61. The van der Waals surface area contributed by atoms with E-state index in [2.05, 4.69) is 0 Å². The Morgan fingerprint density at radius 3 is 2.48 bits per heavy atom. The molecule has 0 radical (unpaired) electrons. The molecule has 0 saturated carbocycles. The van der Waals surface area contributed by atoms with Gasteiger partial charge in [-0.2, -0.15) is 0 Å². The number of aryl methyl sites for hydroxylation is 2. The van der Waals surface area contributed by atoms with Crippen molar-refractivity contribution >= 4 is 11.8 Å². The first kappa shape index (κ1) is 16.1. The molecule has 0 aromatic carbocycles. The molecular formula is C17H24N2O4. The Balaban J connectivity index is 1.62. The normalized spacial score (nSPS) is 25.7. The number of nitrogens with two attached hydrogens (primary N) is 1. The predicted octanol–water partition coefficient (Wildman–Crippen LogP) is 1.64. The van der Waals surface area contributed by atoms with E-state index in [0.717, 1.165) is 18.4 Å². The van der Waals surface area contributed by atoms with Gasteiger partial charge in [0.05, 0.1) is 23.8 Å². The van der Waals surface area contributed by atoms with Crippen molar-refractivity contribution in [3.8, 4) is 0 Å². The summed E-state index contributed by atoms with van der Waals surface area (Å²) in [5.74, 6) is 0.551. The average Bonchev–Trinajstić information content (AvgIpc) is 3.14. The van der Waals surface area contributed by atoms with Crippen molar-refractivity contribution in [2.75, 3.05) is 19.7 Å². The fourth-order valence-corrected chi connectivity index (χ4v) is 3.86. The maximum Gasteiger partial charge on any atom is 0.257 e. The Kier molecular flexibility index (Phi) is 4.43. The Morgan fingerprint density at radius 2 is 1.91 bits per heavy atom. The first-order chi connectivity index (χ1) is 11.0. The van der Waals surface area contributed by atoms with Crippen LogP contribution in [-0.4, -0.2) is 42.5 Å². The summed E-state index contributed by atoms with van der Waals surface area (Å²) in [6.07, 6.45) is 3.94. The van der Waals surface area contributed by atoms with Gasteiger partial charge in [0, 0.05) is 25.3 Å². The zero-order chi connectivity index (χ0) is 16.6. The van der Waals surface area contributed by atoms with Crippen LogP contribution < -0.4 is 5.73 Å². The van der Waals surface area contributed by atoms with Gasteiger partial charge < -0.3 is 19.8 Å². The highest BCUT2D eigenvalue weighted by molar-refractivity contribution is 5.96. The zero-order valence-electron chi connectivity index (χ0n) is 13.7. The van der Waals surface area contributed by atoms with E-state index in [0.29, 0.717) is 43.4 Å². The Hall–Kier alpha value is -1.82. The monoisotopic (exact) mass is 320 g/mol. The Labute approximate surface area is 135 Å². The van der Waals surface area contributed by atoms with Gasteiger partial charge in [0.2, 0.25) is 5.91 Å². The Morgan fingerprint density at radius 1 is 1.22 bits per heavy atom. The molecule has 2 N–H and O–H groups in total. The van der Waals surface area contributed by atoms with E-state index in [4.69, 9.17) is 14.9 Å². The molecule has 3 rings (SSSR count). The summed E-state index contributed by atoms with van der Waals surface area (Å²) < 4.78 is 11.1. The van der Waals surface area contributed by atoms with Crippen molar-refractivity contribution in [2.45, 2.75) is 39.2 Å². The van der Waals surface area contributed by atoms with Crippen LogP contribution in [0.2, 0.25) is 0 Å². The lowest BCUT2D eigenvalue weighted by Crippen LogP contribution is -2.44. The van der Waals surface area contributed by atoms with Gasteiger partial charge in [0.1, 0.15) is 5.76 Å². The van der Waals surface area contributed by atoms with Crippen molar-refractivity contribution in [1.29, 1.82) is 0 Å². The minimum atomic E-state index is -0.268. The number of rotatable bonds is 3. The molecule has 2 amide bonds. The Bertz CT molecular complexity index is 582. The van der Waals surface area contributed by atoms with Crippen LogP contribution in [0.4, 0.5) is 0 Å². The molecule has 2 aliphatic rings. The smallest absolute Gasteiger partial charge is 0.257 e. The van der Waals surface area contributed by atoms with Crippen LogP contribution in [0.3, 0.4) is 0 Å². The predicted molar refractivity (Wildman–Crippen MR) is 83.9 cm³/mol. The summed E-state index contributed by atoms with van der Waals surface area (Å²) in [5, 5.41) is 0. The topological polar surface area (TPSA) is 85.8 Å². The number of carbonyl (C=O) groups is 2. The molecule has 0 spiro atoms. The molecule has 2 aliphatic heterocycles. The summed E-state index contributed by atoms with van der Waals surface area (Å²) >= 11 is 0. The van der Waals surface area contributed by atoms with Crippen LogP contribution >= 0.6 is 0 Å². The number of ether oxygens (including phenoxy) is 1. The molecule has 2 fully saturated rings. The lowest BCUT2D eigenvalue weighted by Gasteiger charge is -2.35. The van der Waals surface area contributed by atoms with E-state index in [1.54, 1.807) is 6.26 Å². The summed E-state index contributed by atoms with van der Waals surface area (Å²) in [4.78, 5) is 26.1. The van der Waals surface area contributed by atoms with Crippen molar-refractivity contribution in [2.24, 2.45) is 17.6 Å². The fourth-order valence-electron chi connectivity index (χ4n) is 3.86. The summed E-state index contributed by atoms with van der Waals surface area (Å²) in [6.45, 7) is 5.67. The van der Waals surface area contributed by atoms with Gasteiger partial charge in [-0.05, 0) is 39.0 Å². The number of hydrogen-bond donors (Lipinski definition) is 1. The third-order valence-corrected chi connectivity index (χ3v) is 5.17. The van der Waals surface area contributed by atoms with Crippen LogP contribution in [0.1, 0.15) is 40.9 Å². The van der Waals surface area contributed by atoms with E-state index in [1.807, 2.05) is 18.7 Å². The van der Waals surface area contributed by atoms with E-state index in [1.165, 1.54) is 0 Å². The van der Waals surface area contributed by atoms with Crippen molar-refractivity contribution in [3.63, 3.8) is 0 Å². The molecule has 23 heavy (non-hydrogen) atoms. The molecular weight excluding hydrogens is 296 g/mol. The number of carbonyl (C=O) groups excluding carboxylic acids is 2. The number of amides is 2. The van der Waals surface area contributed by atoms with Gasteiger partial charge in [-0.15, -0.1) is 0 Å². The zero-order valence-corrected chi connectivity index (χ0v) is 13.7. The highest BCUT2D eigenvalue weighted by Gasteiger charge is 2.40. The van der Waals surface area contributed by atoms with Gasteiger partial charge in [-0.25, -0.2) is 0 Å². The van der Waals surface area contributed by atoms with Gasteiger partial charge >= 0.3 is 0 Å². The van der Waals surface area contributed by atoms with E-state index < -0.39 is 0 Å². The number of nitrogens with zero attached hydrogens (tertiary/aromatic N) is 1. The average molecular weight is 320 g/mol. The standard InChI is InChI=1S/C17H24N2O4/c1-10-9-23-11(2)14(10)17(21)19-6-3-12(4-7-19)15-13(16(18)20)5-8-22-15/h9,12-13,15H,3-8H2,1-2H3,(H2,18,20)/t13-,15+/m0/s1. The van der Waals surface area contributed by atoms with Crippen LogP contribution in [0.5, 0.6) is 0 Å². The number of primary amides is 1. The highest BCUT2D eigenvalue weighted by Crippen LogP contribution is 2.33. The first-order valence-electron chi connectivity index (χ1n) is 8.24. The SMILES string of the molecule is Cc1coc(C)c1C(=O)N1CCC([C@H]2OCC[C@@H]2C(N)=O)CC1. The first-order valence-corrected chi connectivity index (χ1v) is 8.24. The van der Waals surface area contributed by atoms with E-state index >= 15 is 0 Å². The minimum Gasteiger partial charge on any atom is -0.469 e. The minimum absolute atomic E-state index is 0.0333. The summed E-state index contributed by atoms with van der Waals surface area (Å²) in [7, 11) is 0. The van der Waals surface area contributed by atoms with Crippen LogP contribution in [0.15, 0.2) is 10.7 Å². The number of likely N-dealkylation sites (tertiary alicyclic amines) is 1. The fraction of sp³-hybridized carbons (Fsp3) is 0.647. The summed E-state index contributed by atoms with van der Waals surface area (Å²) in [5.41, 5.74) is 7.03. The summed E-state index contributed by atoms with van der Waals surface area (Å²) in [6, 6.07) is 0. The quantitative estimate of drug-likeness (QED) is 0.917. The van der Waals surface area contributed by atoms with E-state index in [-0.39, 0.29) is 23.8 Å². The maximum atomic E-state index is 12.7. The van der Waals surface area contributed by atoms with Gasteiger partial charge in [-0.1, -0.05) is 0 Å². The maximum absolute atomic E-state index is 12.7. The molecule has 126 valence electrons. The van der Waals surface area contributed by atoms with Crippen molar-refractivity contribution in [1.82, 2.24) is 4.90 Å². The van der Waals surface area contributed by atoms with Crippen LogP contribution in [0.25, 0.3) is 0 Å². The lowest BCUT2D eigenvalue weighted by molar-refractivity contribution is -0.124. The molecule has 0 unspecified atom stereocenters. The number of hydrogen-bond acceptors (Lipinski definition) is 4. The molecule has 1 aromatic rings. The van der Waals surface area contributed by atoms with Crippen molar-refractivity contribution in [3.05, 3.63) is 23.2 Å². The molecule has 0 bridgehead atoms. The van der Waals surface area contributed by atoms with Crippen molar-refractivity contribution < 1.29 is 18.7 Å². The molecule has 6 nitrogen and oxygen atoms in total. The number of furan rings is 1. The van der Waals surface area contributed by atoms with Gasteiger partial charge in [0.25, 0.3) is 5.91 Å². The largest absolute Gasteiger partial charge is 0.469 e. The molecule has 0 aliphatic carbocycles. The van der Waals surface area contributed by atoms with Crippen LogP contribution in [0, 0.1) is 25.7 Å². The molecule has 3 heterocycles. The van der Waals surface area contributed by atoms with Gasteiger partial charge in [-0.3, -0.25) is 9.59 Å². The second-order valence-electron chi connectivity index (χ2n) is 6.61. The lowest BCUT2D eigenvalue weighted by atomic mass is 9.84. The third-order valence-electron chi connectivity index (χ3n) is 5.17. The third kappa shape index (κ3) is 3.00. The second kappa shape index (κ2) is 6.35. The molecule has 1 aromatic heterocycles. The molecule has 2 saturated heterocycles. The van der Waals surface area contributed by atoms with Gasteiger partial charge in [0.15, 0.2) is 0 Å².